The molecule has 1 heterocycles. The minimum atomic E-state index is -0.491. The van der Waals surface area contributed by atoms with E-state index in [0.717, 1.165) is 25.9 Å². The zero-order chi connectivity index (χ0) is 13.5. The van der Waals surface area contributed by atoms with Crippen molar-refractivity contribution in [3.8, 4) is 0 Å². The Bertz CT molecular complexity index is 286. The third-order valence-electron chi connectivity index (χ3n) is 3.37. The molecule has 0 saturated carbocycles. The number of amides is 2. The molecular formula is C13H25N3O2. The van der Waals surface area contributed by atoms with Crippen LogP contribution in [0.15, 0.2) is 0 Å². The summed E-state index contributed by atoms with van der Waals surface area (Å²) in [5.41, 5.74) is 5.71. The third kappa shape index (κ3) is 4.64. The average Bonchev–Trinajstić information content (AvgIpc) is 2.38. The van der Waals surface area contributed by atoms with E-state index in [9.17, 15) is 9.59 Å². The molecule has 18 heavy (non-hydrogen) atoms. The Morgan fingerprint density at radius 3 is 2.39 bits per heavy atom. The van der Waals surface area contributed by atoms with E-state index in [1.54, 1.807) is 0 Å². The highest BCUT2D eigenvalue weighted by molar-refractivity contribution is 5.82. The Labute approximate surface area is 109 Å². The van der Waals surface area contributed by atoms with Crippen LogP contribution in [0.1, 0.15) is 39.5 Å². The van der Waals surface area contributed by atoms with Gasteiger partial charge in [0.15, 0.2) is 0 Å². The number of nitrogens with zero attached hydrogens (tertiary/aromatic N) is 1. The van der Waals surface area contributed by atoms with Crippen molar-refractivity contribution in [2.24, 2.45) is 11.7 Å². The van der Waals surface area contributed by atoms with Crippen LogP contribution < -0.4 is 11.1 Å². The van der Waals surface area contributed by atoms with Crippen molar-refractivity contribution in [2.75, 3.05) is 19.6 Å². The fourth-order valence-corrected chi connectivity index (χ4v) is 2.01. The first-order valence-electron chi connectivity index (χ1n) is 6.83. The quantitative estimate of drug-likeness (QED) is 0.750. The molecule has 1 aliphatic rings. The van der Waals surface area contributed by atoms with Crippen LogP contribution in [-0.2, 0) is 9.59 Å². The molecule has 0 spiro atoms. The number of nitrogens with one attached hydrogen (secondary N) is 1. The highest BCUT2D eigenvalue weighted by atomic mass is 16.2. The number of carbonyl (C=O) groups is 2. The van der Waals surface area contributed by atoms with Gasteiger partial charge in [0.25, 0.3) is 0 Å². The summed E-state index contributed by atoms with van der Waals surface area (Å²) >= 11 is 0. The first kappa shape index (κ1) is 15.0. The standard InChI is InChI=1S/C13H25N3O2/c1-10(2)12(14)13(18)15-7-6-11(17)16-8-4-3-5-9-16/h10,12H,3-9,14H2,1-2H3,(H,15,18)/t12-/m0/s1. The Balaban J connectivity index is 2.20. The number of likely N-dealkylation sites (tertiary alicyclic amines) is 1. The van der Waals surface area contributed by atoms with Crippen LogP contribution in [0, 0.1) is 5.92 Å². The van der Waals surface area contributed by atoms with Crippen molar-refractivity contribution in [1.82, 2.24) is 10.2 Å². The fraction of sp³-hybridized carbons (Fsp3) is 0.846. The van der Waals surface area contributed by atoms with Crippen molar-refractivity contribution < 1.29 is 9.59 Å². The summed E-state index contributed by atoms with van der Waals surface area (Å²) in [6, 6.07) is -0.491. The number of hydrogen-bond donors (Lipinski definition) is 2. The number of rotatable bonds is 5. The van der Waals surface area contributed by atoms with Crippen LogP contribution in [0.5, 0.6) is 0 Å². The van der Waals surface area contributed by atoms with Gasteiger partial charge >= 0.3 is 0 Å². The van der Waals surface area contributed by atoms with Crippen molar-refractivity contribution in [2.45, 2.75) is 45.6 Å². The van der Waals surface area contributed by atoms with Crippen molar-refractivity contribution >= 4 is 11.8 Å². The van der Waals surface area contributed by atoms with E-state index in [-0.39, 0.29) is 17.7 Å². The van der Waals surface area contributed by atoms with Gasteiger partial charge in [-0.15, -0.1) is 0 Å². The molecule has 5 heteroatoms. The van der Waals surface area contributed by atoms with E-state index in [2.05, 4.69) is 5.32 Å². The molecule has 1 fully saturated rings. The fourth-order valence-electron chi connectivity index (χ4n) is 2.01. The maximum Gasteiger partial charge on any atom is 0.237 e. The number of nitrogens with two attached hydrogens (primary N) is 1. The molecule has 2 amide bonds. The van der Waals surface area contributed by atoms with Gasteiger partial charge in [-0.25, -0.2) is 0 Å². The van der Waals surface area contributed by atoms with Gasteiger partial charge in [-0.3, -0.25) is 9.59 Å². The molecule has 1 aliphatic heterocycles. The van der Waals surface area contributed by atoms with E-state index >= 15 is 0 Å². The van der Waals surface area contributed by atoms with Gasteiger partial charge in [0.2, 0.25) is 11.8 Å². The Morgan fingerprint density at radius 2 is 1.83 bits per heavy atom. The summed E-state index contributed by atoms with van der Waals surface area (Å²) in [7, 11) is 0. The number of carbonyl (C=O) groups excluding carboxylic acids is 2. The van der Waals surface area contributed by atoms with Gasteiger partial charge in [0.1, 0.15) is 0 Å². The zero-order valence-electron chi connectivity index (χ0n) is 11.4. The summed E-state index contributed by atoms with van der Waals surface area (Å²) in [5.74, 6) is 0.0763. The number of piperidine rings is 1. The molecule has 0 aromatic rings. The topological polar surface area (TPSA) is 75.4 Å². The molecule has 0 aromatic heterocycles. The molecule has 1 rings (SSSR count). The van der Waals surface area contributed by atoms with Gasteiger partial charge in [-0.2, -0.15) is 0 Å². The Hall–Kier alpha value is -1.10. The second kappa shape index (κ2) is 7.36. The lowest BCUT2D eigenvalue weighted by Crippen LogP contribution is -2.45. The largest absolute Gasteiger partial charge is 0.354 e. The highest BCUT2D eigenvalue weighted by Gasteiger charge is 2.19. The molecule has 0 unspecified atom stereocenters. The van der Waals surface area contributed by atoms with Crippen LogP contribution in [0.4, 0.5) is 0 Å². The Kier molecular flexibility index (Phi) is 6.12. The SMILES string of the molecule is CC(C)[C@H](N)C(=O)NCCC(=O)N1CCCCC1. The zero-order valence-corrected chi connectivity index (χ0v) is 11.4. The third-order valence-corrected chi connectivity index (χ3v) is 3.37. The van der Waals surface area contributed by atoms with E-state index in [4.69, 9.17) is 5.73 Å². The van der Waals surface area contributed by atoms with Crippen LogP contribution in [-0.4, -0.2) is 42.4 Å². The van der Waals surface area contributed by atoms with Crippen molar-refractivity contribution in [3.63, 3.8) is 0 Å². The monoisotopic (exact) mass is 255 g/mol. The van der Waals surface area contributed by atoms with Crippen LogP contribution in [0.2, 0.25) is 0 Å². The van der Waals surface area contributed by atoms with Gasteiger partial charge in [-0.1, -0.05) is 13.8 Å². The van der Waals surface area contributed by atoms with Crippen LogP contribution in [0.3, 0.4) is 0 Å². The molecule has 3 N–H and O–H groups in total. The lowest BCUT2D eigenvalue weighted by Gasteiger charge is -2.26. The summed E-state index contributed by atoms with van der Waals surface area (Å²) < 4.78 is 0. The van der Waals surface area contributed by atoms with E-state index < -0.39 is 6.04 Å². The van der Waals surface area contributed by atoms with E-state index in [0.29, 0.717) is 13.0 Å². The first-order valence-corrected chi connectivity index (χ1v) is 6.83. The van der Waals surface area contributed by atoms with Gasteiger partial charge in [0.05, 0.1) is 6.04 Å². The second-order valence-electron chi connectivity index (χ2n) is 5.25. The maximum absolute atomic E-state index is 11.8. The predicted molar refractivity (Wildman–Crippen MR) is 70.9 cm³/mol. The normalized spacial score (nSPS) is 17.7. The van der Waals surface area contributed by atoms with Gasteiger partial charge < -0.3 is 16.0 Å². The lowest BCUT2D eigenvalue weighted by molar-refractivity contribution is -0.132. The first-order chi connectivity index (χ1) is 8.52. The smallest absolute Gasteiger partial charge is 0.237 e. The summed E-state index contributed by atoms with van der Waals surface area (Å²) in [5, 5.41) is 2.72. The predicted octanol–water partition coefficient (Wildman–Crippen LogP) is 0.489. The van der Waals surface area contributed by atoms with Crippen LogP contribution in [0.25, 0.3) is 0 Å². The molecule has 0 aliphatic carbocycles. The summed E-state index contributed by atoms with van der Waals surface area (Å²) in [4.78, 5) is 25.3. The van der Waals surface area contributed by atoms with Gasteiger partial charge in [0, 0.05) is 26.1 Å². The molecule has 0 radical (unpaired) electrons. The molecular weight excluding hydrogens is 230 g/mol. The molecule has 1 atom stereocenters. The average molecular weight is 255 g/mol. The Morgan fingerprint density at radius 1 is 1.22 bits per heavy atom. The molecule has 0 aromatic carbocycles. The minimum Gasteiger partial charge on any atom is -0.354 e. The van der Waals surface area contributed by atoms with Crippen LogP contribution >= 0.6 is 0 Å². The van der Waals surface area contributed by atoms with E-state index in [1.165, 1.54) is 6.42 Å². The molecule has 1 saturated heterocycles. The van der Waals surface area contributed by atoms with E-state index in [1.807, 2.05) is 18.7 Å². The lowest BCUT2D eigenvalue weighted by atomic mass is 10.1. The minimum absolute atomic E-state index is 0.114. The number of hydrogen-bond acceptors (Lipinski definition) is 3. The highest BCUT2D eigenvalue weighted by Crippen LogP contribution is 2.09. The summed E-state index contributed by atoms with van der Waals surface area (Å²) in [6.45, 7) is 5.91. The molecule has 5 nitrogen and oxygen atoms in total. The van der Waals surface area contributed by atoms with Crippen molar-refractivity contribution in [3.05, 3.63) is 0 Å². The second-order valence-corrected chi connectivity index (χ2v) is 5.25. The molecule has 104 valence electrons. The summed E-state index contributed by atoms with van der Waals surface area (Å²) in [6.07, 6.45) is 3.77. The molecule has 0 bridgehead atoms. The van der Waals surface area contributed by atoms with Crippen molar-refractivity contribution in [1.29, 1.82) is 0 Å². The maximum atomic E-state index is 11.8. The van der Waals surface area contributed by atoms with Gasteiger partial charge in [-0.05, 0) is 25.2 Å².